The third-order valence-corrected chi connectivity index (χ3v) is 6.42. The SMILES string of the molecule is CC(C)c1cc(F)cc(C(C)C)c1CC(=O)NS(=O)(=O)c1ccc(-n2cccn2)cc1. The molecule has 0 saturated carbocycles. The Morgan fingerprint density at radius 1 is 1.06 bits per heavy atom. The molecule has 3 aromatic rings. The highest BCUT2D eigenvalue weighted by Crippen LogP contribution is 2.29. The van der Waals surface area contributed by atoms with Gasteiger partial charge in [0.1, 0.15) is 5.82 Å². The van der Waals surface area contributed by atoms with E-state index in [0.717, 1.165) is 0 Å². The summed E-state index contributed by atoms with van der Waals surface area (Å²) in [5, 5.41) is 4.10. The normalized spacial score (nSPS) is 11.8. The van der Waals surface area contributed by atoms with Gasteiger partial charge in [0.25, 0.3) is 10.0 Å². The van der Waals surface area contributed by atoms with Crippen molar-refractivity contribution in [2.45, 2.75) is 50.8 Å². The van der Waals surface area contributed by atoms with Crippen molar-refractivity contribution in [3.63, 3.8) is 0 Å². The first-order valence-corrected chi connectivity index (χ1v) is 11.5. The number of aromatic nitrogens is 2. The molecule has 2 aromatic carbocycles. The van der Waals surface area contributed by atoms with Crippen LogP contribution in [0.3, 0.4) is 0 Å². The molecule has 0 aliphatic rings. The monoisotopic (exact) mass is 443 g/mol. The van der Waals surface area contributed by atoms with Crippen molar-refractivity contribution in [2.75, 3.05) is 0 Å². The van der Waals surface area contributed by atoms with Gasteiger partial charge in [-0.3, -0.25) is 4.79 Å². The Kier molecular flexibility index (Phi) is 6.59. The minimum atomic E-state index is -4.04. The van der Waals surface area contributed by atoms with Crippen molar-refractivity contribution in [1.82, 2.24) is 14.5 Å². The Balaban J connectivity index is 1.83. The molecule has 1 N–H and O–H groups in total. The molecule has 6 nitrogen and oxygen atoms in total. The second kappa shape index (κ2) is 9.01. The predicted molar refractivity (Wildman–Crippen MR) is 117 cm³/mol. The maximum Gasteiger partial charge on any atom is 0.264 e. The molecule has 3 rings (SSSR count). The zero-order valence-electron chi connectivity index (χ0n) is 18.0. The van der Waals surface area contributed by atoms with Gasteiger partial charge in [-0.1, -0.05) is 27.7 Å². The number of hydrogen-bond acceptors (Lipinski definition) is 4. The van der Waals surface area contributed by atoms with Gasteiger partial charge in [0.2, 0.25) is 5.91 Å². The van der Waals surface area contributed by atoms with E-state index in [1.54, 1.807) is 35.3 Å². The Morgan fingerprint density at radius 2 is 1.65 bits per heavy atom. The average molecular weight is 444 g/mol. The third kappa shape index (κ3) is 5.19. The smallest absolute Gasteiger partial charge is 0.264 e. The molecule has 0 aliphatic carbocycles. The van der Waals surface area contributed by atoms with Crippen LogP contribution in [-0.4, -0.2) is 24.1 Å². The van der Waals surface area contributed by atoms with Gasteiger partial charge in [-0.2, -0.15) is 5.10 Å². The second-order valence-corrected chi connectivity index (χ2v) is 9.70. The second-order valence-electron chi connectivity index (χ2n) is 8.02. The number of amides is 1. The Hall–Kier alpha value is -3.00. The molecule has 0 atom stereocenters. The predicted octanol–water partition coefficient (Wildman–Crippen LogP) is 4.31. The zero-order valence-corrected chi connectivity index (χ0v) is 18.8. The summed E-state index contributed by atoms with van der Waals surface area (Å²) in [4.78, 5) is 12.7. The van der Waals surface area contributed by atoms with E-state index in [-0.39, 0.29) is 29.0 Å². The summed E-state index contributed by atoms with van der Waals surface area (Å²) in [5.74, 6) is -1.04. The molecule has 0 fully saturated rings. The molecule has 1 aromatic heterocycles. The van der Waals surface area contributed by atoms with E-state index in [1.165, 1.54) is 24.3 Å². The summed E-state index contributed by atoms with van der Waals surface area (Å²) >= 11 is 0. The summed E-state index contributed by atoms with van der Waals surface area (Å²) in [5.41, 5.74) is 2.79. The highest BCUT2D eigenvalue weighted by Gasteiger charge is 2.22. The van der Waals surface area contributed by atoms with E-state index >= 15 is 0 Å². The number of carbonyl (C=O) groups excluding carboxylic acids is 1. The van der Waals surface area contributed by atoms with Crippen molar-refractivity contribution in [2.24, 2.45) is 0 Å². The Labute approximate surface area is 182 Å². The van der Waals surface area contributed by atoms with Crippen LogP contribution in [0, 0.1) is 5.82 Å². The molecule has 0 saturated heterocycles. The lowest BCUT2D eigenvalue weighted by atomic mass is 9.87. The summed E-state index contributed by atoms with van der Waals surface area (Å²) in [6, 6.07) is 10.7. The largest absolute Gasteiger partial charge is 0.274 e. The van der Waals surface area contributed by atoms with Gasteiger partial charge < -0.3 is 0 Å². The van der Waals surface area contributed by atoms with Crippen LogP contribution in [0.5, 0.6) is 0 Å². The van der Waals surface area contributed by atoms with Gasteiger partial charge in [-0.05, 0) is 71.0 Å². The number of sulfonamides is 1. The van der Waals surface area contributed by atoms with E-state index in [4.69, 9.17) is 0 Å². The summed E-state index contributed by atoms with van der Waals surface area (Å²) < 4.78 is 43.2. The van der Waals surface area contributed by atoms with Crippen LogP contribution in [0.2, 0.25) is 0 Å². The number of hydrogen-bond donors (Lipinski definition) is 1. The fourth-order valence-corrected chi connectivity index (χ4v) is 4.50. The van der Waals surface area contributed by atoms with Gasteiger partial charge >= 0.3 is 0 Å². The molecule has 0 bridgehead atoms. The molecule has 1 amide bonds. The van der Waals surface area contributed by atoms with E-state index in [2.05, 4.69) is 9.82 Å². The standard InChI is InChI=1S/C23H26FN3O3S/c1-15(2)20-12-17(24)13-21(16(3)4)22(20)14-23(28)26-31(29,30)19-8-6-18(7-9-19)27-11-5-10-25-27/h5-13,15-16H,14H2,1-4H3,(H,26,28). The zero-order chi connectivity index (χ0) is 22.8. The highest BCUT2D eigenvalue weighted by atomic mass is 32.2. The summed E-state index contributed by atoms with van der Waals surface area (Å²) in [6.07, 6.45) is 3.22. The number of nitrogens with zero attached hydrogens (tertiary/aromatic N) is 2. The van der Waals surface area contributed by atoms with Gasteiger partial charge in [0.05, 0.1) is 17.0 Å². The maximum absolute atomic E-state index is 14.1. The quantitative estimate of drug-likeness (QED) is 0.590. The van der Waals surface area contributed by atoms with Crippen LogP contribution in [0.4, 0.5) is 4.39 Å². The van der Waals surface area contributed by atoms with Gasteiger partial charge in [-0.15, -0.1) is 0 Å². The van der Waals surface area contributed by atoms with E-state index in [1.807, 2.05) is 27.7 Å². The van der Waals surface area contributed by atoms with Crippen LogP contribution >= 0.6 is 0 Å². The molecule has 0 spiro atoms. The van der Waals surface area contributed by atoms with Crippen LogP contribution in [-0.2, 0) is 21.2 Å². The minimum absolute atomic E-state index is 0.0116. The first-order valence-electron chi connectivity index (χ1n) is 10.1. The first kappa shape index (κ1) is 22.7. The van der Waals surface area contributed by atoms with Crippen molar-refractivity contribution in [1.29, 1.82) is 0 Å². The van der Waals surface area contributed by atoms with Gasteiger partial charge in [-0.25, -0.2) is 22.2 Å². The lowest BCUT2D eigenvalue weighted by Crippen LogP contribution is -2.32. The number of rotatable bonds is 7. The lowest BCUT2D eigenvalue weighted by molar-refractivity contribution is -0.118. The Bertz CT molecular complexity index is 1140. The summed E-state index contributed by atoms with van der Waals surface area (Å²) in [6.45, 7) is 7.66. The average Bonchev–Trinajstić information content (AvgIpc) is 3.23. The molecule has 0 aliphatic heterocycles. The fourth-order valence-electron chi connectivity index (χ4n) is 3.52. The fraction of sp³-hybridized carbons (Fsp3) is 0.304. The van der Waals surface area contributed by atoms with Crippen molar-refractivity contribution < 1.29 is 17.6 Å². The molecular formula is C23H26FN3O3S. The molecule has 0 radical (unpaired) electrons. The third-order valence-electron chi connectivity index (χ3n) is 5.03. The van der Waals surface area contributed by atoms with Crippen LogP contribution in [0.25, 0.3) is 5.69 Å². The van der Waals surface area contributed by atoms with Crippen LogP contribution in [0.1, 0.15) is 56.2 Å². The topological polar surface area (TPSA) is 81.1 Å². The Morgan fingerprint density at radius 3 is 2.13 bits per heavy atom. The van der Waals surface area contributed by atoms with Crippen molar-refractivity contribution in [3.05, 3.63) is 77.4 Å². The van der Waals surface area contributed by atoms with Crippen molar-refractivity contribution >= 4 is 15.9 Å². The number of nitrogens with one attached hydrogen (secondary N) is 1. The number of halogens is 1. The molecule has 1 heterocycles. The first-order chi connectivity index (χ1) is 14.6. The molecule has 164 valence electrons. The molecule has 8 heteroatoms. The van der Waals surface area contributed by atoms with Gasteiger partial charge in [0.15, 0.2) is 0 Å². The molecule has 0 unspecified atom stereocenters. The lowest BCUT2D eigenvalue weighted by Gasteiger charge is -2.20. The van der Waals surface area contributed by atoms with E-state index in [9.17, 15) is 17.6 Å². The number of carbonyl (C=O) groups is 1. The highest BCUT2D eigenvalue weighted by molar-refractivity contribution is 7.90. The molecular weight excluding hydrogens is 417 g/mol. The number of benzene rings is 2. The molecule has 31 heavy (non-hydrogen) atoms. The maximum atomic E-state index is 14.1. The van der Waals surface area contributed by atoms with E-state index < -0.39 is 15.9 Å². The summed E-state index contributed by atoms with van der Waals surface area (Å²) in [7, 11) is -4.04. The minimum Gasteiger partial charge on any atom is -0.274 e. The van der Waals surface area contributed by atoms with Crippen LogP contribution in [0.15, 0.2) is 59.8 Å². The van der Waals surface area contributed by atoms with Crippen molar-refractivity contribution in [3.8, 4) is 5.69 Å². The van der Waals surface area contributed by atoms with Crippen LogP contribution < -0.4 is 4.72 Å². The van der Waals surface area contributed by atoms with E-state index in [0.29, 0.717) is 22.4 Å². The van der Waals surface area contributed by atoms with Gasteiger partial charge in [0, 0.05) is 12.4 Å².